The van der Waals surface area contributed by atoms with Gasteiger partial charge in [-0.1, -0.05) is 23.7 Å². The van der Waals surface area contributed by atoms with E-state index in [2.05, 4.69) is 0 Å². The number of carbonyl (C=O) groups is 3. The summed E-state index contributed by atoms with van der Waals surface area (Å²) in [6.07, 6.45) is -1.20. The Bertz CT molecular complexity index is 1030. The molecule has 1 aliphatic rings. The average Bonchev–Trinajstić information content (AvgIpc) is 2.70. The molecule has 2 atom stereocenters. The smallest absolute Gasteiger partial charge is 0.320 e. The van der Waals surface area contributed by atoms with Gasteiger partial charge in [0.1, 0.15) is 11.5 Å². The van der Waals surface area contributed by atoms with Gasteiger partial charge in [0.15, 0.2) is 11.6 Å². The molecule has 0 saturated carbocycles. The van der Waals surface area contributed by atoms with Crippen LogP contribution < -0.4 is 0 Å². The maximum atomic E-state index is 13.4. The van der Waals surface area contributed by atoms with Gasteiger partial charge in [0.05, 0.1) is 10.3 Å². The Morgan fingerprint density at radius 3 is 2.17 bits per heavy atom. The highest BCUT2D eigenvalue weighted by molar-refractivity contribution is 6.30. The molecule has 0 spiro atoms. The first-order chi connectivity index (χ1) is 14.0. The number of esters is 1. The summed E-state index contributed by atoms with van der Waals surface area (Å²) in [6.45, 7) is 4.76. The molecule has 0 amide bonds. The van der Waals surface area contributed by atoms with Crippen LogP contribution in [0.3, 0.4) is 0 Å². The van der Waals surface area contributed by atoms with E-state index in [9.17, 15) is 24.5 Å². The maximum Gasteiger partial charge on any atom is 0.320 e. The molecule has 156 valence electrons. The molecular formula is C22H20ClNO6. The molecule has 0 radical (unpaired) electrons. The van der Waals surface area contributed by atoms with E-state index in [0.29, 0.717) is 10.6 Å². The Morgan fingerprint density at radius 2 is 1.63 bits per heavy atom. The summed E-state index contributed by atoms with van der Waals surface area (Å²) in [5, 5.41) is 11.3. The van der Waals surface area contributed by atoms with Gasteiger partial charge in [-0.15, -0.1) is 0 Å². The lowest BCUT2D eigenvalue weighted by Crippen LogP contribution is -2.54. The van der Waals surface area contributed by atoms with Crippen LogP contribution in [0.2, 0.25) is 5.02 Å². The van der Waals surface area contributed by atoms with Crippen molar-refractivity contribution >= 4 is 34.8 Å². The standard InChI is InChI=1S/C22H20ClNO6/c1-21(2)18(14-4-8-15(23)9-5-14)30-20(27)22(3,19(21)26)12-17(25)13-6-10-16(11-7-13)24(28)29/h4-11,18H,12H2,1-3H3/t18-,22+/m0/s1. The molecule has 2 aromatic rings. The summed E-state index contributed by atoms with van der Waals surface area (Å²) in [4.78, 5) is 49.2. The second kappa shape index (κ2) is 7.65. The second-order valence-corrected chi connectivity index (χ2v) is 8.56. The van der Waals surface area contributed by atoms with Crippen LogP contribution in [0.4, 0.5) is 5.69 Å². The minimum absolute atomic E-state index is 0.155. The number of Topliss-reactive ketones (excluding diaryl/α,β-unsaturated/α-hetero) is 2. The highest BCUT2D eigenvalue weighted by atomic mass is 35.5. The van der Waals surface area contributed by atoms with Crippen molar-refractivity contribution in [3.05, 3.63) is 74.8 Å². The van der Waals surface area contributed by atoms with Gasteiger partial charge in [-0.05, 0) is 50.6 Å². The molecule has 7 nitrogen and oxygen atoms in total. The largest absolute Gasteiger partial charge is 0.456 e. The van der Waals surface area contributed by atoms with Crippen LogP contribution >= 0.6 is 11.6 Å². The minimum Gasteiger partial charge on any atom is -0.456 e. The summed E-state index contributed by atoms with van der Waals surface area (Å²) < 4.78 is 5.66. The Hall–Kier alpha value is -3.06. The third-order valence-corrected chi connectivity index (χ3v) is 5.76. The van der Waals surface area contributed by atoms with Gasteiger partial charge in [-0.3, -0.25) is 24.5 Å². The van der Waals surface area contributed by atoms with Crippen molar-refractivity contribution in [3.8, 4) is 0 Å². The van der Waals surface area contributed by atoms with E-state index >= 15 is 0 Å². The average molecular weight is 430 g/mol. The zero-order valence-electron chi connectivity index (χ0n) is 16.7. The Kier molecular flexibility index (Phi) is 5.52. The van der Waals surface area contributed by atoms with E-state index in [1.807, 2.05) is 0 Å². The van der Waals surface area contributed by atoms with E-state index in [0.717, 1.165) is 0 Å². The zero-order chi connectivity index (χ0) is 22.3. The minimum atomic E-state index is -1.66. The van der Waals surface area contributed by atoms with Crippen LogP contribution in [-0.2, 0) is 14.3 Å². The zero-order valence-corrected chi connectivity index (χ0v) is 17.4. The molecule has 0 aromatic heterocycles. The number of benzene rings is 2. The van der Waals surface area contributed by atoms with Gasteiger partial charge in [0.25, 0.3) is 5.69 Å². The summed E-state index contributed by atoms with van der Waals surface area (Å²) in [5.41, 5.74) is -2.08. The van der Waals surface area contributed by atoms with Gasteiger partial charge in [0.2, 0.25) is 0 Å². The van der Waals surface area contributed by atoms with Crippen molar-refractivity contribution < 1.29 is 24.0 Å². The topological polar surface area (TPSA) is 104 Å². The summed E-state index contributed by atoms with van der Waals surface area (Å²) >= 11 is 5.92. The number of halogens is 1. The molecule has 1 fully saturated rings. The quantitative estimate of drug-likeness (QED) is 0.224. The molecule has 1 heterocycles. The van der Waals surface area contributed by atoms with Crippen LogP contribution in [0.1, 0.15) is 49.2 Å². The molecule has 0 unspecified atom stereocenters. The second-order valence-electron chi connectivity index (χ2n) is 8.12. The molecule has 0 N–H and O–H groups in total. The van der Waals surface area contributed by atoms with Gasteiger partial charge in [-0.25, -0.2) is 0 Å². The number of nitro benzene ring substituents is 1. The van der Waals surface area contributed by atoms with Crippen molar-refractivity contribution in [1.29, 1.82) is 0 Å². The van der Waals surface area contributed by atoms with Crippen LogP contribution in [0.15, 0.2) is 48.5 Å². The first kappa shape index (κ1) is 21.6. The lowest BCUT2D eigenvalue weighted by Gasteiger charge is -2.44. The first-order valence-electron chi connectivity index (χ1n) is 9.26. The summed E-state index contributed by atoms with van der Waals surface area (Å²) in [5.74, 6) is -1.65. The molecule has 0 aliphatic carbocycles. The number of non-ortho nitro benzene ring substituents is 1. The molecule has 2 aromatic carbocycles. The molecular weight excluding hydrogens is 410 g/mol. The molecule has 0 bridgehead atoms. The molecule has 30 heavy (non-hydrogen) atoms. The highest BCUT2D eigenvalue weighted by Crippen LogP contribution is 2.49. The molecule has 1 aliphatic heterocycles. The van der Waals surface area contributed by atoms with Gasteiger partial charge in [-0.2, -0.15) is 0 Å². The molecule has 1 saturated heterocycles. The number of rotatable bonds is 5. The van der Waals surface area contributed by atoms with Gasteiger partial charge in [0, 0.05) is 29.1 Å². The van der Waals surface area contributed by atoms with E-state index in [1.54, 1.807) is 38.1 Å². The SMILES string of the molecule is CC1(C)C(=O)[C@@](C)(CC(=O)c2ccc([N+](=O)[O-])cc2)C(=O)O[C@H]1c1ccc(Cl)cc1. The predicted octanol–water partition coefficient (Wildman–Crippen LogP) is 4.72. The van der Waals surface area contributed by atoms with Crippen molar-refractivity contribution in [2.45, 2.75) is 33.3 Å². The molecule has 3 rings (SSSR count). The molecule has 8 heteroatoms. The van der Waals surface area contributed by atoms with Crippen molar-refractivity contribution in [3.63, 3.8) is 0 Å². The van der Waals surface area contributed by atoms with Crippen molar-refractivity contribution in [2.24, 2.45) is 10.8 Å². The fourth-order valence-corrected chi connectivity index (χ4v) is 3.90. The van der Waals surface area contributed by atoms with Crippen molar-refractivity contribution in [2.75, 3.05) is 0 Å². The first-order valence-corrected chi connectivity index (χ1v) is 9.64. The Morgan fingerprint density at radius 1 is 1.07 bits per heavy atom. The predicted molar refractivity (Wildman–Crippen MR) is 109 cm³/mol. The summed E-state index contributed by atoms with van der Waals surface area (Å²) in [6, 6.07) is 11.7. The number of carbonyl (C=O) groups excluding carboxylic acids is 3. The number of ketones is 2. The number of hydrogen-bond acceptors (Lipinski definition) is 6. The van der Waals surface area contributed by atoms with Crippen LogP contribution in [-0.4, -0.2) is 22.5 Å². The van der Waals surface area contributed by atoms with E-state index in [4.69, 9.17) is 16.3 Å². The van der Waals surface area contributed by atoms with Gasteiger partial charge >= 0.3 is 5.97 Å². The summed E-state index contributed by atoms with van der Waals surface area (Å²) in [7, 11) is 0. The maximum absolute atomic E-state index is 13.4. The monoisotopic (exact) mass is 429 g/mol. The Balaban J connectivity index is 1.87. The van der Waals surface area contributed by atoms with E-state index in [1.165, 1.54) is 31.2 Å². The third kappa shape index (κ3) is 3.73. The fourth-order valence-electron chi connectivity index (χ4n) is 3.77. The lowest BCUT2D eigenvalue weighted by atomic mass is 9.64. The number of nitro groups is 1. The highest BCUT2D eigenvalue weighted by Gasteiger charge is 2.58. The number of nitrogens with zero attached hydrogens (tertiary/aromatic N) is 1. The number of hydrogen-bond donors (Lipinski definition) is 0. The third-order valence-electron chi connectivity index (χ3n) is 5.50. The van der Waals surface area contributed by atoms with Crippen LogP contribution in [0.5, 0.6) is 0 Å². The number of cyclic esters (lactones) is 1. The Labute approximate surface area is 178 Å². The lowest BCUT2D eigenvalue weighted by molar-refractivity contribution is -0.384. The fraction of sp³-hybridized carbons (Fsp3) is 0.318. The van der Waals surface area contributed by atoms with Crippen LogP contribution in [0.25, 0.3) is 0 Å². The van der Waals surface area contributed by atoms with Crippen molar-refractivity contribution in [1.82, 2.24) is 0 Å². The van der Waals surface area contributed by atoms with E-state index < -0.39 is 39.4 Å². The van der Waals surface area contributed by atoms with Gasteiger partial charge < -0.3 is 4.74 Å². The van der Waals surface area contributed by atoms with Crippen LogP contribution in [0, 0.1) is 20.9 Å². The number of ether oxygens (including phenoxy) is 1. The van der Waals surface area contributed by atoms with E-state index in [-0.39, 0.29) is 17.7 Å². The normalized spacial score (nSPS) is 23.0.